The summed E-state index contributed by atoms with van der Waals surface area (Å²) in [4.78, 5) is 0. The second kappa shape index (κ2) is 5.93. The van der Waals surface area contributed by atoms with E-state index in [2.05, 4.69) is 15.9 Å². The van der Waals surface area contributed by atoms with Crippen LogP contribution in [0.15, 0.2) is 40.9 Å². The van der Waals surface area contributed by atoms with E-state index < -0.39 is 0 Å². The first-order valence-corrected chi connectivity index (χ1v) is 6.55. The molecule has 0 saturated heterocycles. The number of ether oxygens (including phenoxy) is 2. The summed E-state index contributed by atoms with van der Waals surface area (Å²) >= 11 is 3.11. The van der Waals surface area contributed by atoms with Gasteiger partial charge in [-0.15, -0.1) is 0 Å². The summed E-state index contributed by atoms with van der Waals surface area (Å²) in [5, 5.41) is 0. The molecule has 100 valence electrons. The molecular formula is C14H13BrFNO2. The van der Waals surface area contributed by atoms with Gasteiger partial charge in [-0.3, -0.25) is 0 Å². The Balaban J connectivity index is 2.27. The van der Waals surface area contributed by atoms with Gasteiger partial charge in [0.05, 0.1) is 11.1 Å². The lowest BCUT2D eigenvalue weighted by molar-refractivity contribution is 0.340. The number of nitrogen functional groups attached to an aromatic ring is 1. The van der Waals surface area contributed by atoms with Gasteiger partial charge in [-0.1, -0.05) is 6.07 Å². The summed E-state index contributed by atoms with van der Waals surface area (Å²) in [7, 11) is 0. The molecule has 0 radical (unpaired) electrons. The lowest BCUT2D eigenvalue weighted by Gasteiger charge is -2.12. The van der Waals surface area contributed by atoms with Gasteiger partial charge in [-0.05, 0) is 53.2 Å². The van der Waals surface area contributed by atoms with E-state index in [9.17, 15) is 4.39 Å². The molecule has 0 aliphatic carbocycles. The number of rotatable bonds is 4. The predicted molar refractivity (Wildman–Crippen MR) is 76.2 cm³/mol. The highest BCUT2D eigenvalue weighted by Gasteiger charge is 2.09. The van der Waals surface area contributed by atoms with Gasteiger partial charge >= 0.3 is 0 Å². The maximum Gasteiger partial charge on any atom is 0.154 e. The fraction of sp³-hybridized carbons (Fsp3) is 0.143. The Morgan fingerprint density at radius 1 is 1.21 bits per heavy atom. The minimum Gasteiger partial charge on any atom is -0.492 e. The van der Waals surface area contributed by atoms with Gasteiger partial charge in [-0.25, -0.2) is 4.39 Å². The first-order valence-electron chi connectivity index (χ1n) is 5.76. The highest BCUT2D eigenvalue weighted by molar-refractivity contribution is 9.10. The molecule has 3 nitrogen and oxygen atoms in total. The second-order valence-electron chi connectivity index (χ2n) is 3.78. The van der Waals surface area contributed by atoms with Crippen LogP contribution in [0.4, 0.5) is 10.1 Å². The van der Waals surface area contributed by atoms with Crippen LogP contribution in [0, 0.1) is 5.82 Å². The van der Waals surface area contributed by atoms with Crippen molar-refractivity contribution < 1.29 is 13.9 Å². The third kappa shape index (κ3) is 3.17. The highest BCUT2D eigenvalue weighted by atomic mass is 79.9. The molecule has 2 rings (SSSR count). The van der Waals surface area contributed by atoms with E-state index >= 15 is 0 Å². The number of benzene rings is 2. The third-order valence-electron chi connectivity index (χ3n) is 2.44. The van der Waals surface area contributed by atoms with Crippen molar-refractivity contribution in [3.63, 3.8) is 0 Å². The van der Waals surface area contributed by atoms with E-state index in [0.29, 0.717) is 34.0 Å². The van der Waals surface area contributed by atoms with Crippen LogP contribution in [-0.2, 0) is 0 Å². The maximum atomic E-state index is 13.1. The van der Waals surface area contributed by atoms with Gasteiger partial charge in [0.1, 0.15) is 23.0 Å². The Hall–Kier alpha value is -1.75. The molecule has 2 N–H and O–H groups in total. The Kier molecular flexibility index (Phi) is 4.27. The lowest BCUT2D eigenvalue weighted by atomic mass is 10.2. The van der Waals surface area contributed by atoms with Crippen LogP contribution in [-0.4, -0.2) is 6.61 Å². The highest BCUT2D eigenvalue weighted by Crippen LogP contribution is 2.35. The summed E-state index contributed by atoms with van der Waals surface area (Å²) in [5.74, 6) is 1.20. The topological polar surface area (TPSA) is 44.5 Å². The van der Waals surface area contributed by atoms with Gasteiger partial charge < -0.3 is 15.2 Å². The summed E-state index contributed by atoms with van der Waals surface area (Å²) in [5.41, 5.74) is 6.37. The maximum absolute atomic E-state index is 13.1. The zero-order valence-electron chi connectivity index (χ0n) is 10.3. The molecule has 0 aromatic heterocycles. The molecule has 0 amide bonds. The molecule has 0 aliphatic heterocycles. The fourth-order valence-electron chi connectivity index (χ4n) is 1.56. The van der Waals surface area contributed by atoms with Crippen molar-refractivity contribution in [2.24, 2.45) is 0 Å². The summed E-state index contributed by atoms with van der Waals surface area (Å²) in [6.45, 7) is 2.40. The van der Waals surface area contributed by atoms with Gasteiger partial charge in [0, 0.05) is 0 Å². The summed E-state index contributed by atoms with van der Waals surface area (Å²) in [6.07, 6.45) is 0. The minimum absolute atomic E-state index is 0.338. The monoisotopic (exact) mass is 325 g/mol. The molecular weight excluding hydrogens is 313 g/mol. The number of anilines is 1. The summed E-state index contributed by atoms with van der Waals surface area (Å²) in [6, 6.07) is 9.69. The Bertz CT molecular complexity index is 590. The standard InChI is InChI=1S/C14H13BrFNO2/c1-2-18-12-4-3-5-13(14(12)17)19-9-6-7-11(16)10(15)8-9/h3-8H,2,17H2,1H3. The molecule has 0 spiro atoms. The van der Waals surface area contributed by atoms with Gasteiger partial charge in [-0.2, -0.15) is 0 Å². The second-order valence-corrected chi connectivity index (χ2v) is 4.63. The van der Waals surface area contributed by atoms with Crippen LogP contribution in [0.2, 0.25) is 0 Å². The average molecular weight is 326 g/mol. The van der Waals surface area contributed by atoms with Gasteiger partial charge in [0.15, 0.2) is 5.75 Å². The van der Waals surface area contributed by atoms with Crippen molar-refractivity contribution in [3.8, 4) is 17.2 Å². The first-order chi connectivity index (χ1) is 9.11. The largest absolute Gasteiger partial charge is 0.492 e. The number of halogens is 2. The molecule has 5 heteroatoms. The van der Waals surface area contributed by atoms with E-state index in [-0.39, 0.29) is 5.82 Å². The van der Waals surface area contributed by atoms with Crippen molar-refractivity contribution in [3.05, 3.63) is 46.7 Å². The molecule has 0 aliphatic rings. The molecule has 2 aromatic carbocycles. The molecule has 0 bridgehead atoms. The summed E-state index contributed by atoms with van der Waals surface area (Å²) < 4.78 is 24.5. The zero-order chi connectivity index (χ0) is 13.8. The minimum atomic E-state index is -0.344. The zero-order valence-corrected chi connectivity index (χ0v) is 11.9. The normalized spacial score (nSPS) is 10.3. The molecule has 2 aromatic rings. The Morgan fingerprint density at radius 2 is 1.95 bits per heavy atom. The first kappa shape index (κ1) is 13.7. The molecule has 0 atom stereocenters. The molecule has 0 saturated carbocycles. The number of hydrogen-bond donors (Lipinski definition) is 1. The average Bonchev–Trinajstić information content (AvgIpc) is 2.39. The van der Waals surface area contributed by atoms with E-state index in [4.69, 9.17) is 15.2 Å². The van der Waals surface area contributed by atoms with Crippen molar-refractivity contribution in [2.75, 3.05) is 12.3 Å². The Morgan fingerprint density at radius 3 is 2.63 bits per heavy atom. The smallest absolute Gasteiger partial charge is 0.154 e. The number of para-hydroxylation sites is 1. The van der Waals surface area contributed by atoms with E-state index in [1.165, 1.54) is 12.1 Å². The molecule has 0 heterocycles. The van der Waals surface area contributed by atoms with E-state index in [0.717, 1.165) is 0 Å². The van der Waals surface area contributed by atoms with Crippen LogP contribution in [0.1, 0.15) is 6.92 Å². The van der Waals surface area contributed by atoms with Crippen molar-refractivity contribution in [1.29, 1.82) is 0 Å². The SMILES string of the molecule is CCOc1cccc(Oc2ccc(F)c(Br)c2)c1N. The van der Waals surface area contributed by atoms with E-state index in [1.54, 1.807) is 24.3 Å². The van der Waals surface area contributed by atoms with Crippen LogP contribution >= 0.6 is 15.9 Å². The molecule has 19 heavy (non-hydrogen) atoms. The number of hydrogen-bond acceptors (Lipinski definition) is 3. The quantitative estimate of drug-likeness (QED) is 0.849. The van der Waals surface area contributed by atoms with Crippen LogP contribution in [0.5, 0.6) is 17.2 Å². The van der Waals surface area contributed by atoms with Crippen molar-refractivity contribution >= 4 is 21.6 Å². The molecule has 0 fully saturated rings. The van der Waals surface area contributed by atoms with Crippen LogP contribution in [0.3, 0.4) is 0 Å². The number of nitrogens with two attached hydrogens (primary N) is 1. The third-order valence-corrected chi connectivity index (χ3v) is 3.05. The van der Waals surface area contributed by atoms with Crippen LogP contribution in [0.25, 0.3) is 0 Å². The van der Waals surface area contributed by atoms with E-state index in [1.807, 2.05) is 6.92 Å². The van der Waals surface area contributed by atoms with Crippen molar-refractivity contribution in [1.82, 2.24) is 0 Å². The predicted octanol–water partition coefficient (Wildman–Crippen LogP) is 4.36. The lowest BCUT2D eigenvalue weighted by Crippen LogP contribution is -1.99. The van der Waals surface area contributed by atoms with Gasteiger partial charge in [0.2, 0.25) is 0 Å². The fourth-order valence-corrected chi connectivity index (χ4v) is 1.92. The van der Waals surface area contributed by atoms with Crippen LogP contribution < -0.4 is 15.2 Å². The van der Waals surface area contributed by atoms with Gasteiger partial charge in [0.25, 0.3) is 0 Å². The Labute approximate surface area is 119 Å². The van der Waals surface area contributed by atoms with Crippen molar-refractivity contribution in [2.45, 2.75) is 6.92 Å². The molecule has 0 unspecified atom stereocenters.